The molecule has 2 amide bonds. The molecule has 0 radical (unpaired) electrons. The SMILES string of the molecule is CN=C(NCc1ccc(C(N)=O)cc1)NCc1ccc(N2CCCC2=O)cc1.I. The Morgan fingerprint density at radius 3 is 2.03 bits per heavy atom. The van der Waals surface area contributed by atoms with Crippen LogP contribution in [0.25, 0.3) is 0 Å². The number of hydrogen-bond acceptors (Lipinski definition) is 3. The molecule has 1 saturated heterocycles. The zero-order valence-corrected chi connectivity index (χ0v) is 18.7. The molecule has 7 nitrogen and oxygen atoms in total. The van der Waals surface area contributed by atoms with Crippen molar-refractivity contribution in [3.63, 3.8) is 0 Å². The molecule has 0 aromatic heterocycles. The number of primary amides is 1. The summed E-state index contributed by atoms with van der Waals surface area (Å²) in [5.74, 6) is 0.439. The van der Waals surface area contributed by atoms with Crippen LogP contribution in [-0.2, 0) is 17.9 Å². The minimum atomic E-state index is -0.433. The Morgan fingerprint density at radius 1 is 1.03 bits per heavy atom. The fraction of sp³-hybridized carbons (Fsp3) is 0.286. The lowest BCUT2D eigenvalue weighted by atomic mass is 10.1. The van der Waals surface area contributed by atoms with Crippen molar-refractivity contribution in [2.45, 2.75) is 25.9 Å². The first-order chi connectivity index (χ1) is 13.6. The lowest BCUT2D eigenvalue weighted by Gasteiger charge is -2.16. The molecular weight excluding hydrogens is 481 g/mol. The van der Waals surface area contributed by atoms with Crippen molar-refractivity contribution in [3.8, 4) is 0 Å². The number of nitrogens with two attached hydrogens (primary N) is 1. The van der Waals surface area contributed by atoms with Crippen LogP contribution in [0.5, 0.6) is 0 Å². The Kier molecular flexibility index (Phi) is 8.44. The molecule has 154 valence electrons. The number of aliphatic imine (C=N–C) groups is 1. The molecule has 0 atom stereocenters. The van der Waals surface area contributed by atoms with E-state index in [0.717, 1.165) is 29.8 Å². The molecule has 1 heterocycles. The Labute approximate surface area is 187 Å². The van der Waals surface area contributed by atoms with E-state index in [0.29, 0.717) is 31.0 Å². The largest absolute Gasteiger partial charge is 0.366 e. The first-order valence-corrected chi connectivity index (χ1v) is 9.29. The highest BCUT2D eigenvalue weighted by Crippen LogP contribution is 2.21. The Morgan fingerprint density at radius 2 is 1.59 bits per heavy atom. The average Bonchev–Trinajstić information content (AvgIpc) is 3.15. The van der Waals surface area contributed by atoms with Gasteiger partial charge in [-0.25, -0.2) is 0 Å². The van der Waals surface area contributed by atoms with Gasteiger partial charge in [0.05, 0.1) is 0 Å². The molecule has 29 heavy (non-hydrogen) atoms. The maximum Gasteiger partial charge on any atom is 0.248 e. The highest BCUT2D eigenvalue weighted by atomic mass is 127. The summed E-state index contributed by atoms with van der Waals surface area (Å²) in [6.45, 7) is 2.00. The van der Waals surface area contributed by atoms with Crippen molar-refractivity contribution in [1.29, 1.82) is 0 Å². The summed E-state index contributed by atoms with van der Waals surface area (Å²) in [6, 6.07) is 15.1. The van der Waals surface area contributed by atoms with E-state index in [1.165, 1.54) is 0 Å². The first-order valence-electron chi connectivity index (χ1n) is 9.29. The lowest BCUT2D eigenvalue weighted by Crippen LogP contribution is -2.36. The zero-order chi connectivity index (χ0) is 19.9. The van der Waals surface area contributed by atoms with E-state index in [4.69, 9.17) is 5.73 Å². The molecule has 0 saturated carbocycles. The van der Waals surface area contributed by atoms with Gasteiger partial charge in [0.1, 0.15) is 0 Å². The van der Waals surface area contributed by atoms with Gasteiger partial charge in [-0.1, -0.05) is 24.3 Å². The van der Waals surface area contributed by atoms with E-state index in [1.54, 1.807) is 19.2 Å². The number of nitrogens with one attached hydrogen (secondary N) is 2. The minimum absolute atomic E-state index is 0. The molecule has 1 aliphatic heterocycles. The smallest absolute Gasteiger partial charge is 0.248 e. The number of rotatable bonds is 6. The second-order valence-electron chi connectivity index (χ2n) is 6.66. The summed E-state index contributed by atoms with van der Waals surface area (Å²) in [5, 5.41) is 6.50. The van der Waals surface area contributed by atoms with Crippen LogP contribution in [0.15, 0.2) is 53.5 Å². The molecule has 2 aromatic rings. The van der Waals surface area contributed by atoms with E-state index in [1.807, 2.05) is 41.3 Å². The third kappa shape index (κ3) is 6.18. The van der Waals surface area contributed by atoms with Crippen LogP contribution in [0.2, 0.25) is 0 Å². The average molecular weight is 507 g/mol. The fourth-order valence-electron chi connectivity index (χ4n) is 3.09. The van der Waals surface area contributed by atoms with Gasteiger partial charge in [0.15, 0.2) is 5.96 Å². The van der Waals surface area contributed by atoms with Gasteiger partial charge in [-0.15, -0.1) is 24.0 Å². The second-order valence-corrected chi connectivity index (χ2v) is 6.66. The van der Waals surface area contributed by atoms with Crippen LogP contribution in [0, 0.1) is 0 Å². The lowest BCUT2D eigenvalue weighted by molar-refractivity contribution is -0.117. The van der Waals surface area contributed by atoms with E-state index in [2.05, 4.69) is 15.6 Å². The quantitative estimate of drug-likeness (QED) is 0.318. The molecule has 0 spiro atoms. The van der Waals surface area contributed by atoms with Gasteiger partial charge >= 0.3 is 0 Å². The van der Waals surface area contributed by atoms with Gasteiger partial charge in [0.25, 0.3) is 0 Å². The number of guanidine groups is 1. The highest BCUT2D eigenvalue weighted by Gasteiger charge is 2.21. The van der Waals surface area contributed by atoms with Gasteiger partial charge in [-0.05, 0) is 41.8 Å². The molecule has 1 aliphatic rings. The maximum atomic E-state index is 11.8. The normalized spacial score (nSPS) is 13.8. The van der Waals surface area contributed by atoms with E-state index < -0.39 is 5.91 Å². The van der Waals surface area contributed by atoms with E-state index in [9.17, 15) is 9.59 Å². The fourth-order valence-corrected chi connectivity index (χ4v) is 3.09. The minimum Gasteiger partial charge on any atom is -0.366 e. The van der Waals surface area contributed by atoms with Crippen LogP contribution >= 0.6 is 24.0 Å². The summed E-state index contributed by atoms with van der Waals surface area (Å²) in [6.07, 6.45) is 1.56. The van der Waals surface area contributed by atoms with E-state index >= 15 is 0 Å². The molecule has 8 heteroatoms. The topological polar surface area (TPSA) is 99.8 Å². The molecule has 2 aromatic carbocycles. The number of amides is 2. The van der Waals surface area contributed by atoms with Gasteiger partial charge in [0, 0.05) is 44.4 Å². The number of carbonyl (C=O) groups is 2. The van der Waals surface area contributed by atoms with Crippen molar-refractivity contribution in [3.05, 3.63) is 65.2 Å². The summed E-state index contributed by atoms with van der Waals surface area (Å²) in [7, 11) is 1.72. The van der Waals surface area contributed by atoms with Crippen molar-refractivity contribution in [2.24, 2.45) is 10.7 Å². The molecule has 4 N–H and O–H groups in total. The van der Waals surface area contributed by atoms with Crippen LogP contribution in [0.1, 0.15) is 34.3 Å². The Bertz CT molecular complexity index is 866. The number of anilines is 1. The first kappa shape index (κ1) is 22.7. The summed E-state index contributed by atoms with van der Waals surface area (Å²) in [4.78, 5) is 29.0. The number of carbonyl (C=O) groups excluding carboxylic acids is 2. The zero-order valence-electron chi connectivity index (χ0n) is 16.4. The highest BCUT2D eigenvalue weighted by molar-refractivity contribution is 14.0. The van der Waals surface area contributed by atoms with Crippen molar-refractivity contribution in [2.75, 3.05) is 18.5 Å². The van der Waals surface area contributed by atoms with Crippen molar-refractivity contribution >= 4 is 47.4 Å². The Hall–Kier alpha value is -2.62. The third-order valence-corrected chi connectivity index (χ3v) is 4.70. The second kappa shape index (κ2) is 10.8. The van der Waals surface area contributed by atoms with Crippen LogP contribution in [0.4, 0.5) is 5.69 Å². The Balaban J connectivity index is 0.00000300. The summed E-state index contributed by atoms with van der Waals surface area (Å²) >= 11 is 0. The standard InChI is InChI=1S/C21H25N5O2.HI/c1-23-21(24-13-15-4-8-17(9-5-15)20(22)28)25-14-16-6-10-18(11-7-16)26-12-2-3-19(26)27;/h4-11H,2-3,12-14H2,1H3,(H2,22,28)(H2,23,24,25);1H. The summed E-state index contributed by atoms with van der Waals surface area (Å²) in [5.41, 5.74) is 8.82. The number of hydrogen-bond donors (Lipinski definition) is 3. The van der Waals surface area contributed by atoms with Gasteiger partial charge in [0.2, 0.25) is 11.8 Å². The summed E-state index contributed by atoms with van der Waals surface area (Å²) < 4.78 is 0. The molecule has 3 rings (SSSR count). The van der Waals surface area contributed by atoms with Gasteiger partial charge in [-0.2, -0.15) is 0 Å². The van der Waals surface area contributed by atoms with Crippen molar-refractivity contribution in [1.82, 2.24) is 10.6 Å². The van der Waals surface area contributed by atoms with E-state index in [-0.39, 0.29) is 29.9 Å². The van der Waals surface area contributed by atoms with Gasteiger partial charge in [-0.3, -0.25) is 14.6 Å². The maximum absolute atomic E-state index is 11.8. The third-order valence-electron chi connectivity index (χ3n) is 4.70. The number of halogens is 1. The number of nitrogens with zero attached hydrogens (tertiary/aromatic N) is 2. The van der Waals surface area contributed by atoms with Gasteiger partial charge < -0.3 is 21.3 Å². The molecule has 0 bridgehead atoms. The molecule has 1 fully saturated rings. The van der Waals surface area contributed by atoms with Crippen molar-refractivity contribution < 1.29 is 9.59 Å². The predicted molar refractivity (Wildman–Crippen MR) is 125 cm³/mol. The molecule has 0 aliphatic carbocycles. The van der Waals surface area contributed by atoms with Crippen LogP contribution < -0.4 is 21.3 Å². The molecule has 0 unspecified atom stereocenters. The predicted octanol–water partition coefficient (Wildman–Crippen LogP) is 2.40. The van der Waals surface area contributed by atoms with Crippen LogP contribution in [0.3, 0.4) is 0 Å². The van der Waals surface area contributed by atoms with Crippen LogP contribution in [-0.4, -0.2) is 31.4 Å². The molecular formula is C21H26IN5O2. The number of benzene rings is 2. The monoisotopic (exact) mass is 507 g/mol.